The fourth-order valence-electron chi connectivity index (χ4n) is 0.995. The van der Waals surface area contributed by atoms with Crippen LogP contribution in [0.3, 0.4) is 0 Å². The zero-order valence-corrected chi connectivity index (χ0v) is 8.98. The molecule has 1 rings (SSSR count). The van der Waals surface area contributed by atoms with Crippen LogP contribution in [-0.4, -0.2) is 32.1 Å². The Kier molecular flexibility index (Phi) is 3.81. The second-order valence-electron chi connectivity index (χ2n) is 3.31. The van der Waals surface area contributed by atoms with E-state index in [1.165, 1.54) is 6.92 Å². The van der Waals surface area contributed by atoms with Crippen molar-refractivity contribution in [2.75, 3.05) is 5.32 Å². The van der Waals surface area contributed by atoms with Gasteiger partial charge in [0.05, 0.1) is 12.0 Å². The molecule has 0 aliphatic rings. The quantitative estimate of drug-likeness (QED) is 0.566. The molecule has 8 heteroatoms. The molecule has 4 N–H and O–H groups in total. The highest BCUT2D eigenvalue weighted by Gasteiger charge is 2.10. The number of carbonyl (C=O) groups is 2. The van der Waals surface area contributed by atoms with E-state index in [1.807, 2.05) is 0 Å². The van der Waals surface area contributed by atoms with Crippen molar-refractivity contribution in [3.8, 4) is 5.88 Å². The minimum Gasteiger partial charge on any atom is -0.493 e. The van der Waals surface area contributed by atoms with E-state index in [9.17, 15) is 19.5 Å². The maximum atomic E-state index is 11.2. The standard InChI is InChI=1S/C9H11N3O5/c1-4-7(16)11-9(12-8(4)17)10-5(13)2-3-6(14)15/h2-3H2,1H3,(H,14,15)(H3,10,11,12,13,16,17). The predicted molar refractivity (Wildman–Crippen MR) is 56.8 cm³/mol. The van der Waals surface area contributed by atoms with Gasteiger partial charge in [-0.05, 0) is 6.92 Å². The minimum atomic E-state index is -1.10. The van der Waals surface area contributed by atoms with E-state index in [-0.39, 0.29) is 24.4 Å². The summed E-state index contributed by atoms with van der Waals surface area (Å²) in [4.78, 5) is 38.4. The number of aromatic nitrogens is 2. The van der Waals surface area contributed by atoms with Gasteiger partial charge < -0.3 is 10.2 Å². The summed E-state index contributed by atoms with van der Waals surface area (Å²) < 4.78 is 0. The van der Waals surface area contributed by atoms with E-state index in [0.717, 1.165) is 0 Å². The van der Waals surface area contributed by atoms with Crippen LogP contribution in [0.15, 0.2) is 4.79 Å². The van der Waals surface area contributed by atoms with E-state index < -0.39 is 23.3 Å². The molecule has 0 radical (unpaired) electrons. The lowest BCUT2D eigenvalue weighted by Gasteiger charge is -2.04. The third-order valence-electron chi connectivity index (χ3n) is 1.95. The molecule has 1 heterocycles. The minimum absolute atomic E-state index is 0.0357. The van der Waals surface area contributed by atoms with Crippen LogP contribution in [0.4, 0.5) is 5.95 Å². The summed E-state index contributed by atoms with van der Waals surface area (Å²) in [6, 6.07) is 0. The molecule has 0 spiro atoms. The van der Waals surface area contributed by atoms with E-state index >= 15 is 0 Å². The summed E-state index contributed by atoms with van der Waals surface area (Å²) >= 11 is 0. The van der Waals surface area contributed by atoms with E-state index in [0.29, 0.717) is 0 Å². The van der Waals surface area contributed by atoms with Gasteiger partial charge in [-0.1, -0.05) is 0 Å². The summed E-state index contributed by atoms with van der Waals surface area (Å²) in [6.45, 7) is 1.37. The summed E-state index contributed by atoms with van der Waals surface area (Å²) in [6.07, 6.45) is -0.568. The van der Waals surface area contributed by atoms with Gasteiger partial charge in [-0.15, -0.1) is 0 Å². The van der Waals surface area contributed by atoms with Gasteiger partial charge in [-0.3, -0.25) is 24.7 Å². The number of rotatable bonds is 4. The van der Waals surface area contributed by atoms with Gasteiger partial charge in [0.1, 0.15) is 0 Å². The van der Waals surface area contributed by atoms with Crippen LogP contribution < -0.4 is 10.9 Å². The SMILES string of the molecule is Cc1c(O)nc(NC(=O)CCC(=O)O)[nH]c1=O. The Morgan fingerprint density at radius 2 is 2.06 bits per heavy atom. The van der Waals surface area contributed by atoms with Gasteiger partial charge in [0.15, 0.2) is 0 Å². The average Bonchev–Trinajstić information content (AvgIpc) is 2.23. The average molecular weight is 241 g/mol. The van der Waals surface area contributed by atoms with Crippen molar-refractivity contribution >= 4 is 17.8 Å². The molecule has 0 saturated heterocycles. The van der Waals surface area contributed by atoms with Crippen molar-refractivity contribution in [1.82, 2.24) is 9.97 Å². The molecule has 8 nitrogen and oxygen atoms in total. The molecule has 1 aromatic rings. The van der Waals surface area contributed by atoms with Crippen LogP contribution in [0.5, 0.6) is 5.88 Å². The number of anilines is 1. The van der Waals surface area contributed by atoms with Gasteiger partial charge in [0.25, 0.3) is 5.56 Å². The topological polar surface area (TPSA) is 132 Å². The van der Waals surface area contributed by atoms with Gasteiger partial charge in [0, 0.05) is 6.42 Å². The van der Waals surface area contributed by atoms with Crippen molar-refractivity contribution < 1.29 is 19.8 Å². The third kappa shape index (κ3) is 3.59. The highest BCUT2D eigenvalue weighted by atomic mass is 16.4. The molecular weight excluding hydrogens is 230 g/mol. The Morgan fingerprint density at radius 1 is 1.41 bits per heavy atom. The molecule has 0 aliphatic carbocycles. The van der Waals surface area contributed by atoms with Crippen molar-refractivity contribution in [3.63, 3.8) is 0 Å². The molecule has 17 heavy (non-hydrogen) atoms. The molecule has 0 aliphatic heterocycles. The molecular formula is C9H11N3O5. The Hall–Kier alpha value is -2.38. The molecule has 0 bridgehead atoms. The van der Waals surface area contributed by atoms with Crippen molar-refractivity contribution in [1.29, 1.82) is 0 Å². The number of H-pyrrole nitrogens is 1. The van der Waals surface area contributed by atoms with E-state index in [1.54, 1.807) is 0 Å². The van der Waals surface area contributed by atoms with Crippen molar-refractivity contribution in [3.05, 3.63) is 15.9 Å². The number of aromatic amines is 1. The lowest BCUT2D eigenvalue weighted by Crippen LogP contribution is -2.19. The zero-order valence-electron chi connectivity index (χ0n) is 8.98. The molecule has 0 unspecified atom stereocenters. The van der Waals surface area contributed by atoms with Gasteiger partial charge in [-0.2, -0.15) is 4.98 Å². The number of nitrogens with zero attached hydrogens (tertiary/aromatic N) is 1. The number of carboxylic acids is 1. The number of hydrogen-bond acceptors (Lipinski definition) is 5. The maximum Gasteiger partial charge on any atom is 0.303 e. The molecule has 92 valence electrons. The van der Waals surface area contributed by atoms with Crippen LogP contribution in [0.1, 0.15) is 18.4 Å². The van der Waals surface area contributed by atoms with E-state index in [4.69, 9.17) is 5.11 Å². The summed E-state index contributed by atoms with van der Waals surface area (Å²) in [5, 5.41) is 19.8. The largest absolute Gasteiger partial charge is 0.493 e. The normalized spacial score (nSPS) is 9.94. The van der Waals surface area contributed by atoms with Crippen LogP contribution >= 0.6 is 0 Å². The molecule has 0 fully saturated rings. The predicted octanol–water partition coefficient (Wildman–Crippen LogP) is -0.413. The lowest BCUT2D eigenvalue weighted by molar-refractivity contribution is -0.138. The molecule has 1 aromatic heterocycles. The first-order valence-corrected chi connectivity index (χ1v) is 4.71. The van der Waals surface area contributed by atoms with E-state index in [2.05, 4.69) is 15.3 Å². The van der Waals surface area contributed by atoms with Crippen LogP contribution in [0.2, 0.25) is 0 Å². The Bertz CT molecular complexity index is 508. The molecule has 0 aromatic carbocycles. The molecule has 1 amide bonds. The number of carbonyl (C=O) groups excluding carboxylic acids is 1. The van der Waals surface area contributed by atoms with Crippen molar-refractivity contribution in [2.45, 2.75) is 19.8 Å². The van der Waals surface area contributed by atoms with Crippen LogP contribution in [0, 0.1) is 6.92 Å². The number of nitrogens with one attached hydrogen (secondary N) is 2. The van der Waals surface area contributed by atoms with Gasteiger partial charge >= 0.3 is 5.97 Å². The van der Waals surface area contributed by atoms with Crippen LogP contribution in [-0.2, 0) is 9.59 Å². The monoisotopic (exact) mass is 241 g/mol. The summed E-state index contributed by atoms with van der Waals surface area (Å²) in [7, 11) is 0. The number of aliphatic carboxylic acids is 1. The summed E-state index contributed by atoms with van der Waals surface area (Å²) in [5.74, 6) is -2.41. The Balaban J connectivity index is 2.72. The second kappa shape index (κ2) is 5.10. The second-order valence-corrected chi connectivity index (χ2v) is 3.31. The number of carboxylic acid groups (broad SMARTS) is 1. The Morgan fingerprint density at radius 3 is 2.59 bits per heavy atom. The highest BCUT2D eigenvalue weighted by molar-refractivity contribution is 5.90. The maximum absolute atomic E-state index is 11.2. The Labute approximate surface area is 95.3 Å². The fraction of sp³-hybridized carbons (Fsp3) is 0.333. The lowest BCUT2D eigenvalue weighted by atomic mass is 10.3. The first-order chi connectivity index (χ1) is 7.90. The first kappa shape index (κ1) is 12.7. The number of amides is 1. The highest BCUT2D eigenvalue weighted by Crippen LogP contribution is 2.08. The third-order valence-corrected chi connectivity index (χ3v) is 1.95. The molecule has 0 saturated carbocycles. The molecule has 0 atom stereocenters. The van der Waals surface area contributed by atoms with Crippen molar-refractivity contribution in [2.24, 2.45) is 0 Å². The number of aromatic hydroxyl groups is 1. The van der Waals surface area contributed by atoms with Crippen LogP contribution in [0.25, 0.3) is 0 Å². The van der Waals surface area contributed by atoms with Gasteiger partial charge in [0.2, 0.25) is 17.7 Å². The number of hydrogen-bond donors (Lipinski definition) is 4. The fourth-order valence-corrected chi connectivity index (χ4v) is 0.995. The zero-order chi connectivity index (χ0) is 13.0. The van der Waals surface area contributed by atoms with Gasteiger partial charge in [-0.25, -0.2) is 0 Å². The smallest absolute Gasteiger partial charge is 0.303 e. The first-order valence-electron chi connectivity index (χ1n) is 4.71. The summed E-state index contributed by atoms with van der Waals surface area (Å²) in [5.41, 5.74) is -0.542.